The second-order valence-corrected chi connectivity index (χ2v) is 3.23. The van der Waals surface area contributed by atoms with Crippen LogP contribution in [0.15, 0.2) is 0 Å². The van der Waals surface area contributed by atoms with Crippen molar-refractivity contribution < 1.29 is 4.74 Å². The molecule has 1 heteroatoms. The van der Waals surface area contributed by atoms with Crippen LogP contribution >= 0.6 is 0 Å². The van der Waals surface area contributed by atoms with E-state index in [-0.39, 0.29) is 6.10 Å². The minimum absolute atomic E-state index is 0.215. The zero-order chi connectivity index (χ0) is 9.36. The second-order valence-electron chi connectivity index (χ2n) is 3.23. The molecule has 0 bridgehead atoms. The predicted octanol–water partition coefficient (Wildman–Crippen LogP) is 2.36. The Bertz CT molecular complexity index is 220. The normalized spacial score (nSPS) is 20.4. The molecule has 1 saturated heterocycles. The lowest BCUT2D eigenvalue weighted by atomic mass is 10.2. The quantitative estimate of drug-likeness (QED) is 0.474. The van der Waals surface area contributed by atoms with Gasteiger partial charge in [-0.25, -0.2) is 0 Å². The van der Waals surface area contributed by atoms with Gasteiger partial charge in [-0.3, -0.25) is 0 Å². The Morgan fingerprint density at radius 1 is 1.31 bits per heavy atom. The van der Waals surface area contributed by atoms with Crippen molar-refractivity contribution in [3.63, 3.8) is 0 Å². The van der Waals surface area contributed by atoms with Gasteiger partial charge in [0, 0.05) is 19.4 Å². The molecule has 1 heterocycles. The molecule has 1 fully saturated rings. The molecule has 0 spiro atoms. The molecule has 1 aliphatic heterocycles. The summed E-state index contributed by atoms with van der Waals surface area (Å²) in [5.74, 6) is 8.90. The zero-order valence-corrected chi connectivity index (χ0v) is 8.01. The number of rotatable bonds is 3. The van der Waals surface area contributed by atoms with Gasteiger partial charge in [0.15, 0.2) is 0 Å². The van der Waals surface area contributed by atoms with Crippen LogP contribution in [0.2, 0.25) is 0 Å². The molecule has 13 heavy (non-hydrogen) atoms. The molecule has 1 rings (SSSR count). The Labute approximate surface area is 80.9 Å². The summed E-state index contributed by atoms with van der Waals surface area (Å²) >= 11 is 0. The van der Waals surface area contributed by atoms with E-state index < -0.39 is 0 Å². The summed E-state index contributed by atoms with van der Waals surface area (Å²) in [6, 6.07) is 0. The van der Waals surface area contributed by atoms with E-state index in [9.17, 15) is 0 Å². The summed E-state index contributed by atoms with van der Waals surface area (Å²) in [6.07, 6.45) is 11.7. The van der Waals surface area contributed by atoms with Crippen molar-refractivity contribution in [3.8, 4) is 24.2 Å². The molecule has 0 saturated carbocycles. The molecular formula is C12H16O. The van der Waals surface area contributed by atoms with Crippen molar-refractivity contribution >= 4 is 0 Å². The van der Waals surface area contributed by atoms with Crippen LogP contribution in [0.5, 0.6) is 0 Å². The third kappa shape index (κ3) is 4.61. The molecule has 0 amide bonds. The first-order valence-electron chi connectivity index (χ1n) is 4.97. The zero-order valence-electron chi connectivity index (χ0n) is 8.01. The number of unbranched alkanes of at least 4 members (excludes halogenated alkanes) is 3. The van der Waals surface area contributed by atoms with E-state index >= 15 is 0 Å². The maximum atomic E-state index is 5.37. The molecule has 1 atom stereocenters. The molecular weight excluding hydrogens is 160 g/mol. The SMILES string of the molecule is C#CCCCCC#CC1CCCO1. The van der Waals surface area contributed by atoms with Crippen molar-refractivity contribution in [2.75, 3.05) is 6.61 Å². The van der Waals surface area contributed by atoms with Gasteiger partial charge in [0.25, 0.3) is 0 Å². The summed E-state index contributed by atoms with van der Waals surface area (Å²) in [6.45, 7) is 0.885. The van der Waals surface area contributed by atoms with E-state index in [4.69, 9.17) is 11.2 Å². The van der Waals surface area contributed by atoms with E-state index in [1.165, 1.54) is 0 Å². The fourth-order valence-corrected chi connectivity index (χ4v) is 1.32. The lowest BCUT2D eigenvalue weighted by molar-refractivity contribution is 0.152. The maximum absolute atomic E-state index is 5.37. The van der Waals surface area contributed by atoms with Gasteiger partial charge in [-0.1, -0.05) is 5.92 Å². The topological polar surface area (TPSA) is 9.23 Å². The molecule has 0 radical (unpaired) electrons. The molecule has 1 nitrogen and oxygen atoms in total. The van der Waals surface area contributed by atoms with Crippen molar-refractivity contribution in [1.29, 1.82) is 0 Å². The van der Waals surface area contributed by atoms with Crippen LogP contribution in [0.3, 0.4) is 0 Å². The van der Waals surface area contributed by atoms with Crippen molar-refractivity contribution in [2.24, 2.45) is 0 Å². The minimum Gasteiger partial charge on any atom is -0.366 e. The molecule has 0 aliphatic carbocycles. The fraction of sp³-hybridized carbons (Fsp3) is 0.667. The van der Waals surface area contributed by atoms with Crippen LogP contribution in [-0.2, 0) is 4.74 Å². The average molecular weight is 176 g/mol. The van der Waals surface area contributed by atoms with Gasteiger partial charge in [0.2, 0.25) is 0 Å². The monoisotopic (exact) mass is 176 g/mol. The van der Waals surface area contributed by atoms with Crippen LogP contribution in [0.1, 0.15) is 38.5 Å². The highest BCUT2D eigenvalue weighted by Crippen LogP contribution is 2.10. The first-order chi connectivity index (χ1) is 6.43. The van der Waals surface area contributed by atoms with Crippen LogP contribution in [-0.4, -0.2) is 12.7 Å². The second kappa shape index (κ2) is 6.58. The van der Waals surface area contributed by atoms with E-state index in [1.807, 2.05) is 0 Å². The standard InChI is InChI=1S/C12H16O/c1-2-3-4-5-6-7-9-12-10-8-11-13-12/h1,12H,3-6,8,10-11H2. The Morgan fingerprint density at radius 3 is 2.85 bits per heavy atom. The largest absolute Gasteiger partial charge is 0.366 e. The smallest absolute Gasteiger partial charge is 0.118 e. The van der Waals surface area contributed by atoms with Crippen LogP contribution in [0.25, 0.3) is 0 Å². The van der Waals surface area contributed by atoms with Gasteiger partial charge in [-0.05, 0) is 25.7 Å². The number of hydrogen-bond acceptors (Lipinski definition) is 1. The molecule has 0 aromatic rings. The number of terminal acetylenes is 1. The fourth-order valence-electron chi connectivity index (χ4n) is 1.32. The van der Waals surface area contributed by atoms with Gasteiger partial charge in [-0.15, -0.1) is 18.3 Å². The van der Waals surface area contributed by atoms with E-state index in [0.29, 0.717) is 0 Å². The third-order valence-corrected chi connectivity index (χ3v) is 2.07. The summed E-state index contributed by atoms with van der Waals surface area (Å²) in [5.41, 5.74) is 0. The number of ether oxygens (including phenoxy) is 1. The number of hydrogen-bond donors (Lipinski definition) is 0. The van der Waals surface area contributed by atoms with Crippen molar-refractivity contribution in [1.82, 2.24) is 0 Å². The molecule has 0 aromatic heterocycles. The first kappa shape index (κ1) is 10.2. The Balaban J connectivity index is 2.00. The summed E-state index contributed by atoms with van der Waals surface area (Å²) in [5, 5.41) is 0. The highest BCUT2D eigenvalue weighted by Gasteiger charge is 2.11. The van der Waals surface area contributed by atoms with Crippen molar-refractivity contribution in [2.45, 2.75) is 44.6 Å². The van der Waals surface area contributed by atoms with Gasteiger partial charge in [-0.2, -0.15) is 0 Å². The van der Waals surface area contributed by atoms with E-state index in [0.717, 1.165) is 45.1 Å². The third-order valence-electron chi connectivity index (χ3n) is 2.07. The molecule has 1 unspecified atom stereocenters. The average Bonchev–Trinajstić information content (AvgIpc) is 2.63. The van der Waals surface area contributed by atoms with E-state index in [1.54, 1.807) is 0 Å². The molecule has 0 aromatic carbocycles. The molecule has 0 N–H and O–H groups in total. The molecule has 1 aliphatic rings. The minimum atomic E-state index is 0.215. The van der Waals surface area contributed by atoms with Gasteiger partial charge >= 0.3 is 0 Å². The Hall–Kier alpha value is -0.920. The van der Waals surface area contributed by atoms with Gasteiger partial charge in [0.1, 0.15) is 6.10 Å². The Kier molecular flexibility index (Phi) is 5.14. The lowest BCUT2D eigenvalue weighted by Gasteiger charge is -1.96. The summed E-state index contributed by atoms with van der Waals surface area (Å²) in [7, 11) is 0. The summed E-state index contributed by atoms with van der Waals surface area (Å²) in [4.78, 5) is 0. The van der Waals surface area contributed by atoms with E-state index in [2.05, 4.69) is 17.8 Å². The van der Waals surface area contributed by atoms with Crippen LogP contribution in [0.4, 0.5) is 0 Å². The first-order valence-corrected chi connectivity index (χ1v) is 4.97. The highest BCUT2D eigenvalue weighted by molar-refractivity contribution is 5.06. The van der Waals surface area contributed by atoms with Crippen LogP contribution in [0, 0.1) is 24.2 Å². The Morgan fingerprint density at radius 2 is 2.15 bits per heavy atom. The van der Waals surface area contributed by atoms with Crippen LogP contribution < -0.4 is 0 Å². The van der Waals surface area contributed by atoms with Gasteiger partial charge < -0.3 is 4.74 Å². The highest BCUT2D eigenvalue weighted by atomic mass is 16.5. The predicted molar refractivity (Wildman–Crippen MR) is 54.1 cm³/mol. The van der Waals surface area contributed by atoms with Crippen molar-refractivity contribution in [3.05, 3.63) is 0 Å². The summed E-state index contributed by atoms with van der Waals surface area (Å²) < 4.78 is 5.37. The molecule has 70 valence electrons. The van der Waals surface area contributed by atoms with Gasteiger partial charge in [0.05, 0.1) is 0 Å². The lowest BCUT2D eigenvalue weighted by Crippen LogP contribution is -1.99. The maximum Gasteiger partial charge on any atom is 0.118 e.